The molecule has 64 valence electrons. The number of pyridine rings is 2. The molecule has 2 heteroatoms. The van der Waals surface area contributed by atoms with E-state index in [1.54, 1.807) is 12.4 Å². The molecular formula is C11H10N2. The lowest BCUT2D eigenvalue weighted by molar-refractivity contribution is 1.26. The Morgan fingerprint density at radius 1 is 1.00 bits per heavy atom. The number of aryl methyl sites for hydroxylation is 1. The van der Waals surface area contributed by atoms with Crippen molar-refractivity contribution in [2.24, 2.45) is 0 Å². The lowest BCUT2D eigenvalue weighted by Gasteiger charge is -1.99. The molecule has 2 aromatic rings. The summed E-state index contributed by atoms with van der Waals surface area (Å²) in [5, 5.41) is 0. The zero-order valence-corrected chi connectivity index (χ0v) is 7.44. The molecule has 2 nitrogen and oxygen atoms in total. The van der Waals surface area contributed by atoms with E-state index in [1.807, 2.05) is 24.4 Å². The van der Waals surface area contributed by atoms with Gasteiger partial charge >= 0.3 is 0 Å². The first-order chi connectivity index (χ1) is 6.36. The first-order valence-corrected chi connectivity index (χ1v) is 4.19. The molecule has 2 aromatic heterocycles. The first kappa shape index (κ1) is 7.92. The highest BCUT2D eigenvalue weighted by molar-refractivity contribution is 5.58. The summed E-state index contributed by atoms with van der Waals surface area (Å²) >= 11 is 0. The van der Waals surface area contributed by atoms with Crippen molar-refractivity contribution in [3.63, 3.8) is 0 Å². The van der Waals surface area contributed by atoms with Crippen LogP contribution >= 0.6 is 0 Å². The van der Waals surface area contributed by atoms with Gasteiger partial charge in [0.2, 0.25) is 0 Å². The van der Waals surface area contributed by atoms with E-state index < -0.39 is 0 Å². The van der Waals surface area contributed by atoms with Crippen molar-refractivity contribution < 1.29 is 0 Å². The molecule has 0 aliphatic rings. The van der Waals surface area contributed by atoms with Crippen LogP contribution in [0.5, 0.6) is 0 Å². The monoisotopic (exact) mass is 170 g/mol. The highest BCUT2D eigenvalue weighted by atomic mass is 14.7. The molecule has 0 aromatic carbocycles. The van der Waals surface area contributed by atoms with E-state index in [9.17, 15) is 0 Å². The van der Waals surface area contributed by atoms with Crippen molar-refractivity contribution >= 4 is 0 Å². The zero-order chi connectivity index (χ0) is 9.10. The average molecular weight is 170 g/mol. The molecule has 0 aliphatic carbocycles. The molecule has 0 amide bonds. The fourth-order valence-corrected chi connectivity index (χ4v) is 1.22. The molecule has 0 aliphatic heterocycles. The Hall–Kier alpha value is -1.70. The van der Waals surface area contributed by atoms with E-state index in [4.69, 9.17) is 0 Å². The summed E-state index contributed by atoms with van der Waals surface area (Å²) in [6, 6.07) is 7.98. The van der Waals surface area contributed by atoms with Gasteiger partial charge in [-0.3, -0.25) is 9.97 Å². The maximum absolute atomic E-state index is 4.28. The fraction of sp³-hybridized carbons (Fsp3) is 0.0909. The predicted molar refractivity (Wildman–Crippen MR) is 52.2 cm³/mol. The van der Waals surface area contributed by atoms with Crippen molar-refractivity contribution in [2.75, 3.05) is 0 Å². The van der Waals surface area contributed by atoms with E-state index in [2.05, 4.69) is 23.0 Å². The van der Waals surface area contributed by atoms with E-state index in [-0.39, 0.29) is 0 Å². The largest absolute Gasteiger partial charge is 0.265 e. The summed E-state index contributed by atoms with van der Waals surface area (Å²) in [4.78, 5) is 8.25. The van der Waals surface area contributed by atoms with Gasteiger partial charge in [-0.25, -0.2) is 0 Å². The quantitative estimate of drug-likeness (QED) is 0.657. The van der Waals surface area contributed by atoms with Gasteiger partial charge in [-0.2, -0.15) is 0 Å². The van der Waals surface area contributed by atoms with Gasteiger partial charge in [-0.05, 0) is 36.8 Å². The average Bonchev–Trinajstić information content (AvgIpc) is 2.19. The third kappa shape index (κ3) is 1.72. The van der Waals surface area contributed by atoms with E-state index >= 15 is 0 Å². The van der Waals surface area contributed by atoms with Crippen molar-refractivity contribution in [3.8, 4) is 11.3 Å². The van der Waals surface area contributed by atoms with Gasteiger partial charge in [0.25, 0.3) is 0 Å². The van der Waals surface area contributed by atoms with Crippen molar-refractivity contribution in [1.82, 2.24) is 9.97 Å². The summed E-state index contributed by atoms with van der Waals surface area (Å²) in [7, 11) is 0. The summed E-state index contributed by atoms with van der Waals surface area (Å²) in [6.07, 6.45) is 5.38. The molecule has 0 saturated heterocycles. The molecule has 0 fully saturated rings. The van der Waals surface area contributed by atoms with Crippen LogP contribution < -0.4 is 0 Å². The van der Waals surface area contributed by atoms with Gasteiger partial charge in [0.1, 0.15) is 0 Å². The fourth-order valence-electron chi connectivity index (χ4n) is 1.22. The minimum Gasteiger partial charge on any atom is -0.265 e. The second-order valence-corrected chi connectivity index (χ2v) is 2.95. The van der Waals surface area contributed by atoms with Crippen LogP contribution in [0.15, 0.2) is 42.9 Å². The zero-order valence-electron chi connectivity index (χ0n) is 7.44. The third-order valence-corrected chi connectivity index (χ3v) is 1.89. The van der Waals surface area contributed by atoms with Gasteiger partial charge in [0, 0.05) is 24.2 Å². The highest BCUT2D eigenvalue weighted by Crippen LogP contribution is 2.15. The molecular weight excluding hydrogens is 160 g/mol. The molecule has 0 unspecified atom stereocenters. The van der Waals surface area contributed by atoms with Crippen LogP contribution in [0, 0.1) is 6.92 Å². The number of hydrogen-bond acceptors (Lipinski definition) is 2. The van der Waals surface area contributed by atoms with E-state index in [0.29, 0.717) is 0 Å². The summed E-state index contributed by atoms with van der Waals surface area (Å²) in [6.45, 7) is 2.06. The Balaban J connectivity index is 2.48. The molecule has 0 spiro atoms. The molecule has 0 bridgehead atoms. The number of hydrogen-bond donors (Lipinski definition) is 0. The number of aromatic nitrogens is 2. The second kappa shape index (κ2) is 3.35. The molecule has 0 atom stereocenters. The third-order valence-electron chi connectivity index (χ3n) is 1.89. The van der Waals surface area contributed by atoms with Gasteiger partial charge in [0.05, 0.1) is 5.69 Å². The van der Waals surface area contributed by atoms with Crippen molar-refractivity contribution in [2.45, 2.75) is 6.92 Å². The summed E-state index contributed by atoms with van der Waals surface area (Å²) < 4.78 is 0. The molecule has 0 saturated carbocycles. The Labute approximate surface area is 77.3 Å². The smallest absolute Gasteiger partial charge is 0.0705 e. The van der Waals surface area contributed by atoms with Crippen molar-refractivity contribution in [3.05, 3.63) is 48.4 Å². The molecule has 13 heavy (non-hydrogen) atoms. The summed E-state index contributed by atoms with van der Waals surface area (Å²) in [5.74, 6) is 0. The normalized spacial score (nSPS) is 9.92. The maximum atomic E-state index is 4.28. The SMILES string of the molecule is Cc1ccnc(-c2ccncc2)c1. The van der Waals surface area contributed by atoms with E-state index in [0.717, 1.165) is 11.3 Å². The second-order valence-electron chi connectivity index (χ2n) is 2.95. The molecule has 2 heterocycles. The molecule has 2 rings (SSSR count). The predicted octanol–water partition coefficient (Wildman–Crippen LogP) is 2.45. The number of nitrogens with zero attached hydrogens (tertiary/aromatic N) is 2. The van der Waals surface area contributed by atoms with Crippen LogP contribution in [0.1, 0.15) is 5.56 Å². The van der Waals surface area contributed by atoms with Crippen LogP contribution in [0.25, 0.3) is 11.3 Å². The Morgan fingerprint density at radius 3 is 2.46 bits per heavy atom. The van der Waals surface area contributed by atoms with Crippen LogP contribution in [0.4, 0.5) is 0 Å². The molecule has 0 N–H and O–H groups in total. The standard InChI is InChI=1S/C11H10N2/c1-9-2-7-13-11(8-9)10-3-5-12-6-4-10/h2-8H,1H3. The van der Waals surface area contributed by atoms with Gasteiger partial charge in [-0.1, -0.05) is 0 Å². The number of rotatable bonds is 1. The lowest BCUT2D eigenvalue weighted by atomic mass is 10.1. The van der Waals surface area contributed by atoms with Crippen molar-refractivity contribution in [1.29, 1.82) is 0 Å². The van der Waals surface area contributed by atoms with Crippen LogP contribution in [0.3, 0.4) is 0 Å². The minimum atomic E-state index is 1.00. The maximum Gasteiger partial charge on any atom is 0.0705 e. The Kier molecular flexibility index (Phi) is 2.04. The summed E-state index contributed by atoms with van der Waals surface area (Å²) in [5.41, 5.74) is 3.34. The Morgan fingerprint density at radius 2 is 1.77 bits per heavy atom. The van der Waals surface area contributed by atoms with Gasteiger partial charge in [-0.15, -0.1) is 0 Å². The van der Waals surface area contributed by atoms with E-state index in [1.165, 1.54) is 5.56 Å². The Bertz CT molecular complexity index is 396. The first-order valence-electron chi connectivity index (χ1n) is 4.19. The molecule has 0 radical (unpaired) electrons. The lowest BCUT2D eigenvalue weighted by Crippen LogP contribution is -1.83. The minimum absolute atomic E-state index is 1.00. The van der Waals surface area contributed by atoms with Crippen LogP contribution in [-0.4, -0.2) is 9.97 Å². The van der Waals surface area contributed by atoms with Crippen LogP contribution in [-0.2, 0) is 0 Å². The topological polar surface area (TPSA) is 25.8 Å². The van der Waals surface area contributed by atoms with Gasteiger partial charge in [0.15, 0.2) is 0 Å². The highest BCUT2D eigenvalue weighted by Gasteiger charge is 1.96. The van der Waals surface area contributed by atoms with Gasteiger partial charge < -0.3 is 0 Å². The van der Waals surface area contributed by atoms with Crippen LogP contribution in [0.2, 0.25) is 0 Å².